The molecule has 18 heavy (non-hydrogen) atoms. The molecule has 0 aromatic carbocycles. The number of carbonyl (C=O) groups is 1. The van der Waals surface area contributed by atoms with Gasteiger partial charge in [-0.05, 0) is 39.2 Å². The summed E-state index contributed by atoms with van der Waals surface area (Å²) >= 11 is 0. The van der Waals surface area contributed by atoms with Gasteiger partial charge in [0.05, 0.1) is 12.2 Å². The Bertz CT molecular complexity index is 449. The van der Waals surface area contributed by atoms with Crippen molar-refractivity contribution in [2.24, 2.45) is 5.92 Å². The quantitative estimate of drug-likeness (QED) is 0.489. The standard InChI is InChI=1S/C15H20O3/c1-9-5-4-6-15(3)14(18-15)13(16)12-10(2)8-17-11(12)7-9/h5,8,11-12,14H,4,6-7H2,1-3H3/b9-5+/t11-,12-,14+,15-/m1/s1. The molecule has 3 rings (SSSR count). The average Bonchev–Trinajstić information content (AvgIpc) is 2.84. The van der Waals surface area contributed by atoms with E-state index in [1.807, 2.05) is 13.8 Å². The number of rotatable bonds is 0. The molecule has 1 aliphatic carbocycles. The highest BCUT2D eigenvalue weighted by Gasteiger charge is 2.59. The highest BCUT2D eigenvalue weighted by Crippen LogP contribution is 2.45. The second kappa shape index (κ2) is 3.95. The van der Waals surface area contributed by atoms with Crippen LogP contribution in [-0.4, -0.2) is 23.6 Å². The summed E-state index contributed by atoms with van der Waals surface area (Å²) in [6, 6.07) is 0. The maximum Gasteiger partial charge on any atom is 0.175 e. The maximum absolute atomic E-state index is 12.5. The van der Waals surface area contributed by atoms with Gasteiger partial charge in [0.25, 0.3) is 0 Å². The summed E-state index contributed by atoms with van der Waals surface area (Å²) in [5, 5.41) is 0. The molecule has 0 aromatic rings. The van der Waals surface area contributed by atoms with Crippen LogP contribution in [0.15, 0.2) is 23.5 Å². The molecule has 0 aromatic heterocycles. The highest BCUT2D eigenvalue weighted by molar-refractivity contribution is 5.92. The SMILES string of the molecule is CC1=CO[C@@H]2C/C(C)=C/CC[C@@]3(C)O[C@H]3C(=O)[C@H]12. The zero-order valence-corrected chi connectivity index (χ0v) is 11.2. The number of carbonyl (C=O) groups excluding carboxylic acids is 1. The number of epoxide rings is 1. The molecule has 0 radical (unpaired) electrons. The normalized spacial score (nSPS) is 46.2. The summed E-state index contributed by atoms with van der Waals surface area (Å²) in [5.74, 6) is 0.0988. The number of allylic oxidation sites excluding steroid dienone is 1. The summed E-state index contributed by atoms with van der Waals surface area (Å²) in [5.41, 5.74) is 2.11. The largest absolute Gasteiger partial charge is 0.497 e. The first kappa shape index (κ1) is 12.0. The van der Waals surface area contributed by atoms with Crippen LogP contribution in [0.3, 0.4) is 0 Å². The van der Waals surface area contributed by atoms with Crippen molar-refractivity contribution in [2.75, 3.05) is 0 Å². The van der Waals surface area contributed by atoms with E-state index in [2.05, 4.69) is 13.0 Å². The van der Waals surface area contributed by atoms with Crippen LogP contribution < -0.4 is 0 Å². The number of ether oxygens (including phenoxy) is 2. The Balaban J connectivity index is 1.91. The molecule has 2 aliphatic heterocycles. The second-order valence-corrected chi connectivity index (χ2v) is 6.02. The molecule has 2 heterocycles. The van der Waals surface area contributed by atoms with Gasteiger partial charge < -0.3 is 9.47 Å². The van der Waals surface area contributed by atoms with E-state index >= 15 is 0 Å². The molecular formula is C15H20O3. The predicted molar refractivity (Wildman–Crippen MR) is 68.0 cm³/mol. The Labute approximate surface area is 108 Å². The summed E-state index contributed by atoms with van der Waals surface area (Å²) < 4.78 is 11.3. The molecule has 3 nitrogen and oxygen atoms in total. The monoisotopic (exact) mass is 248 g/mol. The van der Waals surface area contributed by atoms with E-state index in [1.165, 1.54) is 5.57 Å². The third-order valence-corrected chi connectivity index (χ3v) is 4.40. The molecule has 0 unspecified atom stereocenters. The van der Waals surface area contributed by atoms with Gasteiger partial charge in [0.15, 0.2) is 5.78 Å². The van der Waals surface area contributed by atoms with E-state index in [0.29, 0.717) is 0 Å². The van der Waals surface area contributed by atoms with Crippen molar-refractivity contribution in [1.29, 1.82) is 0 Å². The molecule has 1 fully saturated rings. The van der Waals surface area contributed by atoms with Crippen LogP contribution in [0.5, 0.6) is 0 Å². The first-order chi connectivity index (χ1) is 8.51. The fourth-order valence-corrected chi connectivity index (χ4v) is 3.17. The van der Waals surface area contributed by atoms with Crippen molar-refractivity contribution >= 4 is 5.78 Å². The maximum atomic E-state index is 12.5. The van der Waals surface area contributed by atoms with Crippen molar-refractivity contribution in [1.82, 2.24) is 0 Å². The lowest BCUT2D eigenvalue weighted by Gasteiger charge is -2.20. The molecule has 0 bridgehead atoms. The van der Waals surface area contributed by atoms with Gasteiger partial charge >= 0.3 is 0 Å². The van der Waals surface area contributed by atoms with E-state index in [9.17, 15) is 4.79 Å². The van der Waals surface area contributed by atoms with Crippen molar-refractivity contribution in [3.05, 3.63) is 23.5 Å². The fraction of sp³-hybridized carbons (Fsp3) is 0.667. The Kier molecular flexibility index (Phi) is 2.63. The number of hydrogen-bond donors (Lipinski definition) is 0. The number of ketones is 1. The van der Waals surface area contributed by atoms with Crippen molar-refractivity contribution in [2.45, 2.75) is 57.8 Å². The molecule has 0 N–H and O–H groups in total. The Morgan fingerprint density at radius 3 is 2.94 bits per heavy atom. The van der Waals surface area contributed by atoms with Gasteiger partial charge in [-0.1, -0.05) is 11.6 Å². The highest BCUT2D eigenvalue weighted by atomic mass is 16.6. The van der Waals surface area contributed by atoms with Crippen LogP contribution in [0.2, 0.25) is 0 Å². The number of fused-ring (bicyclic) bond motifs is 2. The van der Waals surface area contributed by atoms with Gasteiger partial charge in [0, 0.05) is 6.42 Å². The topological polar surface area (TPSA) is 38.8 Å². The Morgan fingerprint density at radius 1 is 1.39 bits per heavy atom. The van der Waals surface area contributed by atoms with Gasteiger partial charge in [-0.3, -0.25) is 4.79 Å². The van der Waals surface area contributed by atoms with E-state index in [-0.39, 0.29) is 29.5 Å². The Hall–Kier alpha value is -1.09. The van der Waals surface area contributed by atoms with Crippen molar-refractivity contribution < 1.29 is 14.3 Å². The average molecular weight is 248 g/mol. The minimum atomic E-state index is -0.237. The summed E-state index contributed by atoms with van der Waals surface area (Å²) in [6.45, 7) is 6.14. The van der Waals surface area contributed by atoms with Crippen molar-refractivity contribution in [3.63, 3.8) is 0 Å². The van der Waals surface area contributed by atoms with Crippen LogP contribution >= 0.6 is 0 Å². The molecule has 1 saturated heterocycles. The zero-order valence-electron chi connectivity index (χ0n) is 11.2. The van der Waals surface area contributed by atoms with Gasteiger partial charge in [0.1, 0.15) is 17.8 Å². The number of Topliss-reactive ketones (excluding diaryl/α,β-unsaturated/α-hetero) is 1. The summed E-state index contributed by atoms with van der Waals surface area (Å²) in [7, 11) is 0. The lowest BCUT2D eigenvalue weighted by molar-refractivity contribution is -0.125. The second-order valence-electron chi connectivity index (χ2n) is 6.02. The third-order valence-electron chi connectivity index (χ3n) is 4.40. The molecule has 3 heteroatoms. The fourth-order valence-electron chi connectivity index (χ4n) is 3.17. The van der Waals surface area contributed by atoms with Crippen molar-refractivity contribution in [3.8, 4) is 0 Å². The van der Waals surface area contributed by atoms with Gasteiger partial charge in [-0.15, -0.1) is 0 Å². The smallest absolute Gasteiger partial charge is 0.175 e. The van der Waals surface area contributed by atoms with Gasteiger partial charge in [-0.25, -0.2) is 0 Å². The lowest BCUT2D eigenvalue weighted by Crippen LogP contribution is -2.33. The zero-order chi connectivity index (χ0) is 12.9. The van der Waals surface area contributed by atoms with Crippen LogP contribution in [0.25, 0.3) is 0 Å². The van der Waals surface area contributed by atoms with E-state index in [4.69, 9.17) is 9.47 Å². The summed E-state index contributed by atoms with van der Waals surface area (Å²) in [4.78, 5) is 12.5. The molecule has 0 saturated carbocycles. The van der Waals surface area contributed by atoms with Crippen LogP contribution in [0, 0.1) is 5.92 Å². The predicted octanol–water partition coefficient (Wildman–Crippen LogP) is 2.76. The molecule has 98 valence electrons. The molecular weight excluding hydrogens is 228 g/mol. The minimum Gasteiger partial charge on any atom is -0.497 e. The van der Waals surface area contributed by atoms with Crippen LogP contribution in [-0.2, 0) is 14.3 Å². The first-order valence-corrected chi connectivity index (χ1v) is 6.70. The first-order valence-electron chi connectivity index (χ1n) is 6.70. The molecule has 3 aliphatic rings. The van der Waals surface area contributed by atoms with E-state index in [1.54, 1.807) is 6.26 Å². The molecule has 4 atom stereocenters. The van der Waals surface area contributed by atoms with E-state index < -0.39 is 0 Å². The lowest BCUT2D eigenvalue weighted by atomic mass is 9.83. The molecule has 0 amide bonds. The van der Waals surface area contributed by atoms with Gasteiger partial charge in [0.2, 0.25) is 0 Å². The minimum absolute atomic E-state index is 0.0275. The molecule has 0 spiro atoms. The number of hydrogen-bond acceptors (Lipinski definition) is 3. The van der Waals surface area contributed by atoms with Gasteiger partial charge in [-0.2, -0.15) is 0 Å². The van der Waals surface area contributed by atoms with Crippen LogP contribution in [0.1, 0.15) is 40.0 Å². The Morgan fingerprint density at radius 2 is 2.17 bits per heavy atom. The summed E-state index contributed by atoms with van der Waals surface area (Å²) in [6.07, 6.45) is 6.51. The van der Waals surface area contributed by atoms with Crippen LogP contribution in [0.4, 0.5) is 0 Å². The third kappa shape index (κ3) is 1.81. The van der Waals surface area contributed by atoms with E-state index in [0.717, 1.165) is 24.8 Å².